The molecule has 0 bridgehead atoms. The van der Waals surface area contributed by atoms with Crippen LogP contribution < -0.4 is 16.4 Å². The van der Waals surface area contributed by atoms with Gasteiger partial charge in [0.05, 0.1) is 16.4 Å². The lowest BCUT2D eigenvalue weighted by atomic mass is 9.82. The van der Waals surface area contributed by atoms with E-state index in [9.17, 15) is 9.59 Å². The second kappa shape index (κ2) is 11.8. The number of benzene rings is 2. The lowest BCUT2D eigenvalue weighted by Gasteiger charge is -2.34. The molecule has 2 aromatic carbocycles. The van der Waals surface area contributed by atoms with E-state index in [1.54, 1.807) is 19.2 Å². The molecule has 0 aliphatic heterocycles. The second-order valence-corrected chi connectivity index (χ2v) is 11.0. The van der Waals surface area contributed by atoms with Crippen LogP contribution in [0.4, 0.5) is 11.6 Å². The van der Waals surface area contributed by atoms with Crippen molar-refractivity contribution in [3.8, 4) is 0 Å². The molecule has 37 heavy (non-hydrogen) atoms. The molecular formula is C29H42N6O2. The van der Waals surface area contributed by atoms with Crippen LogP contribution in [0.3, 0.4) is 0 Å². The Morgan fingerprint density at radius 3 is 2.19 bits per heavy atom. The molecule has 4 N–H and O–H groups in total. The highest BCUT2D eigenvalue weighted by Crippen LogP contribution is 2.31. The molecule has 0 aliphatic carbocycles. The molecule has 1 heterocycles. The Hall–Kier alpha value is -3.39. The summed E-state index contributed by atoms with van der Waals surface area (Å²) in [6.45, 7) is 15.1. The van der Waals surface area contributed by atoms with Crippen molar-refractivity contribution < 1.29 is 9.59 Å². The van der Waals surface area contributed by atoms with Gasteiger partial charge in [-0.2, -0.15) is 0 Å². The van der Waals surface area contributed by atoms with Gasteiger partial charge in [-0.25, -0.2) is 4.98 Å². The number of hydrogen-bond donors (Lipinski definition) is 3. The van der Waals surface area contributed by atoms with Gasteiger partial charge in [-0.3, -0.25) is 9.59 Å². The first-order valence-electron chi connectivity index (χ1n) is 13.1. The third-order valence-corrected chi connectivity index (χ3v) is 6.45. The molecule has 3 aromatic rings. The fraction of sp³-hybridized carbons (Fsp3) is 0.483. The van der Waals surface area contributed by atoms with Crippen molar-refractivity contribution in [2.75, 3.05) is 32.0 Å². The zero-order chi connectivity index (χ0) is 27.3. The Labute approximate surface area is 220 Å². The molecule has 0 radical (unpaired) electrons. The summed E-state index contributed by atoms with van der Waals surface area (Å²) in [4.78, 5) is 32.4. The number of fused-ring (bicyclic) bond motifs is 1. The van der Waals surface area contributed by atoms with Gasteiger partial charge in [0.15, 0.2) is 0 Å². The standard InChI is InChI=1S/C29H42N6O2/c1-19(2)17-34(18-20(3)4)27(37)29(5,6)22-10-13-24-25(16-22)35(15-14-30)28(33-24)32-23-11-8-21(9-12-23)26(36)31-7/h8-13,16,19-20H,14-15,17-18,30H2,1-7H3,(H,31,36)(H,32,33). The summed E-state index contributed by atoms with van der Waals surface area (Å²) in [5.41, 5.74) is 9.37. The summed E-state index contributed by atoms with van der Waals surface area (Å²) >= 11 is 0. The maximum absolute atomic E-state index is 13.8. The van der Waals surface area contributed by atoms with E-state index in [-0.39, 0.29) is 11.8 Å². The number of rotatable bonds is 11. The van der Waals surface area contributed by atoms with E-state index in [4.69, 9.17) is 10.7 Å². The lowest BCUT2D eigenvalue weighted by Crippen LogP contribution is -2.46. The molecule has 1 aromatic heterocycles. The zero-order valence-electron chi connectivity index (χ0n) is 23.3. The number of aromatic nitrogens is 2. The van der Waals surface area contributed by atoms with Gasteiger partial charge in [0.2, 0.25) is 11.9 Å². The van der Waals surface area contributed by atoms with Crippen molar-refractivity contribution in [2.45, 2.75) is 53.5 Å². The van der Waals surface area contributed by atoms with Gasteiger partial charge < -0.3 is 25.8 Å². The van der Waals surface area contributed by atoms with Gasteiger partial charge in [0.1, 0.15) is 0 Å². The van der Waals surface area contributed by atoms with Crippen LogP contribution >= 0.6 is 0 Å². The average Bonchev–Trinajstić information content (AvgIpc) is 3.18. The molecule has 0 fully saturated rings. The molecule has 200 valence electrons. The van der Waals surface area contributed by atoms with Crippen molar-refractivity contribution >= 4 is 34.5 Å². The molecular weight excluding hydrogens is 464 g/mol. The van der Waals surface area contributed by atoms with Crippen molar-refractivity contribution in [2.24, 2.45) is 17.6 Å². The number of anilines is 2. The highest BCUT2D eigenvalue weighted by Gasteiger charge is 2.34. The van der Waals surface area contributed by atoms with Crippen LogP contribution in [0.2, 0.25) is 0 Å². The number of amides is 2. The van der Waals surface area contributed by atoms with E-state index >= 15 is 0 Å². The van der Waals surface area contributed by atoms with E-state index in [2.05, 4.69) is 44.4 Å². The number of nitrogens with zero attached hydrogens (tertiary/aromatic N) is 3. The smallest absolute Gasteiger partial charge is 0.251 e. The molecule has 0 atom stereocenters. The Morgan fingerprint density at radius 1 is 1.03 bits per heavy atom. The number of carbonyl (C=O) groups excluding carboxylic acids is 2. The van der Waals surface area contributed by atoms with Gasteiger partial charge in [0, 0.05) is 44.5 Å². The molecule has 8 nitrogen and oxygen atoms in total. The lowest BCUT2D eigenvalue weighted by molar-refractivity contribution is -0.137. The Morgan fingerprint density at radius 2 is 1.65 bits per heavy atom. The maximum Gasteiger partial charge on any atom is 0.251 e. The SMILES string of the molecule is CNC(=O)c1ccc(Nc2nc3ccc(C(C)(C)C(=O)N(CC(C)C)CC(C)C)cc3n2CCN)cc1. The van der Waals surface area contributed by atoms with E-state index in [1.807, 2.05) is 47.6 Å². The molecule has 3 rings (SSSR count). The Kier molecular flexibility index (Phi) is 8.97. The van der Waals surface area contributed by atoms with Crippen LogP contribution in [0, 0.1) is 11.8 Å². The van der Waals surface area contributed by atoms with Gasteiger partial charge in [-0.15, -0.1) is 0 Å². The second-order valence-electron chi connectivity index (χ2n) is 11.0. The van der Waals surface area contributed by atoms with Crippen LogP contribution in [0.25, 0.3) is 11.0 Å². The first-order chi connectivity index (χ1) is 17.5. The van der Waals surface area contributed by atoms with Crippen LogP contribution in [-0.4, -0.2) is 52.9 Å². The predicted octanol–water partition coefficient (Wildman–Crippen LogP) is 4.52. The molecule has 0 unspecified atom stereocenters. The molecule has 2 amide bonds. The molecule has 0 spiro atoms. The van der Waals surface area contributed by atoms with Crippen molar-refractivity contribution in [3.63, 3.8) is 0 Å². The molecule has 0 aliphatic rings. The fourth-order valence-electron chi connectivity index (χ4n) is 4.58. The highest BCUT2D eigenvalue weighted by molar-refractivity contribution is 5.94. The minimum Gasteiger partial charge on any atom is -0.355 e. The van der Waals surface area contributed by atoms with E-state index < -0.39 is 5.41 Å². The third kappa shape index (κ3) is 6.49. The van der Waals surface area contributed by atoms with E-state index in [0.717, 1.165) is 35.4 Å². The fourth-order valence-corrected chi connectivity index (χ4v) is 4.58. The van der Waals surface area contributed by atoms with E-state index in [1.165, 1.54) is 0 Å². The molecule has 8 heteroatoms. The largest absolute Gasteiger partial charge is 0.355 e. The number of hydrogen-bond acceptors (Lipinski definition) is 5. The van der Waals surface area contributed by atoms with Crippen molar-refractivity contribution in [1.82, 2.24) is 19.8 Å². The summed E-state index contributed by atoms with van der Waals surface area (Å²) in [6.07, 6.45) is 0. The average molecular weight is 507 g/mol. The van der Waals surface area contributed by atoms with Crippen molar-refractivity contribution in [3.05, 3.63) is 53.6 Å². The highest BCUT2D eigenvalue weighted by atomic mass is 16.2. The summed E-state index contributed by atoms with van der Waals surface area (Å²) in [6, 6.07) is 13.3. The zero-order valence-corrected chi connectivity index (χ0v) is 23.3. The summed E-state index contributed by atoms with van der Waals surface area (Å²) in [5, 5.41) is 5.99. The number of nitrogens with one attached hydrogen (secondary N) is 2. The van der Waals surface area contributed by atoms with Gasteiger partial charge in [-0.05, 0) is 67.6 Å². The van der Waals surface area contributed by atoms with Crippen LogP contribution in [0.5, 0.6) is 0 Å². The summed E-state index contributed by atoms with van der Waals surface area (Å²) in [5.74, 6) is 1.45. The van der Waals surface area contributed by atoms with E-state index in [0.29, 0.717) is 36.4 Å². The predicted molar refractivity (Wildman–Crippen MR) is 151 cm³/mol. The van der Waals surface area contributed by atoms with Crippen LogP contribution in [0.1, 0.15) is 57.5 Å². The summed E-state index contributed by atoms with van der Waals surface area (Å²) in [7, 11) is 1.61. The van der Waals surface area contributed by atoms with Gasteiger partial charge in [-0.1, -0.05) is 33.8 Å². The van der Waals surface area contributed by atoms with Gasteiger partial charge >= 0.3 is 0 Å². The minimum absolute atomic E-state index is 0.132. The normalized spacial score (nSPS) is 11.8. The summed E-state index contributed by atoms with van der Waals surface area (Å²) < 4.78 is 2.05. The first kappa shape index (κ1) is 28.2. The molecule has 0 saturated carbocycles. The molecule has 0 saturated heterocycles. The third-order valence-electron chi connectivity index (χ3n) is 6.45. The maximum atomic E-state index is 13.8. The van der Waals surface area contributed by atoms with Crippen LogP contribution in [0.15, 0.2) is 42.5 Å². The number of carbonyl (C=O) groups is 2. The number of nitrogens with two attached hydrogens (primary N) is 1. The quantitative estimate of drug-likeness (QED) is 0.355. The van der Waals surface area contributed by atoms with Crippen LogP contribution in [-0.2, 0) is 16.8 Å². The van der Waals surface area contributed by atoms with Gasteiger partial charge in [0.25, 0.3) is 5.91 Å². The Balaban J connectivity index is 1.97. The number of imidazole rings is 1. The van der Waals surface area contributed by atoms with Crippen molar-refractivity contribution in [1.29, 1.82) is 0 Å². The topological polar surface area (TPSA) is 105 Å². The Bertz CT molecular complexity index is 1220. The minimum atomic E-state index is -0.695. The monoisotopic (exact) mass is 506 g/mol. The first-order valence-corrected chi connectivity index (χ1v) is 13.1.